The van der Waals surface area contributed by atoms with Gasteiger partial charge in [0.2, 0.25) is 5.91 Å². The lowest BCUT2D eigenvalue weighted by molar-refractivity contribution is -0.253. The second kappa shape index (κ2) is 10.0. The summed E-state index contributed by atoms with van der Waals surface area (Å²) in [5, 5.41) is 41.4. The van der Waals surface area contributed by atoms with E-state index in [0.717, 1.165) is 22.2 Å². The highest BCUT2D eigenvalue weighted by atomic mass is 32.2. The van der Waals surface area contributed by atoms with Crippen molar-refractivity contribution in [2.24, 2.45) is 0 Å². The number of hydrogen-bond donors (Lipinski definition) is 5. The van der Waals surface area contributed by atoms with Crippen molar-refractivity contribution >= 4 is 46.2 Å². The summed E-state index contributed by atoms with van der Waals surface area (Å²) in [6, 6.07) is 5.69. The Morgan fingerprint density at radius 1 is 1.29 bits per heavy atom. The number of carbonyl (C=O) groups is 2. The molecule has 1 aromatic rings. The number of carbonyl (C=O) groups excluding carboxylic acids is 2. The van der Waals surface area contributed by atoms with Gasteiger partial charge in [-0.25, -0.2) is 0 Å². The summed E-state index contributed by atoms with van der Waals surface area (Å²) in [6.45, 7) is -1.06. The van der Waals surface area contributed by atoms with Crippen molar-refractivity contribution in [3.05, 3.63) is 34.7 Å². The number of nitrogens with one attached hydrogen (secondary N) is 1. The van der Waals surface area contributed by atoms with Gasteiger partial charge in [-0.15, -0.1) is 0 Å². The number of aliphatic hydroxyl groups is 4. The van der Waals surface area contributed by atoms with Crippen molar-refractivity contribution in [3.8, 4) is 5.75 Å². The number of ether oxygens (including phenoxy) is 2. The summed E-state index contributed by atoms with van der Waals surface area (Å²) < 4.78 is 10.3. The molecule has 0 aliphatic carbocycles. The van der Waals surface area contributed by atoms with Gasteiger partial charge in [0.25, 0.3) is 5.91 Å². The molecule has 3 rings (SSSR count). The highest BCUT2D eigenvalue weighted by molar-refractivity contribution is 8.26. The molecule has 2 saturated heterocycles. The van der Waals surface area contributed by atoms with E-state index in [1.54, 1.807) is 37.5 Å². The van der Waals surface area contributed by atoms with Crippen LogP contribution in [-0.4, -0.2) is 92.4 Å². The molecular weight excluding hydrogens is 448 g/mol. The number of benzene rings is 1. The fourth-order valence-electron chi connectivity index (χ4n) is 3.12. The summed E-state index contributed by atoms with van der Waals surface area (Å²) >= 11 is 6.25. The second-order valence-corrected chi connectivity index (χ2v) is 8.54. The van der Waals surface area contributed by atoms with Crippen LogP contribution in [0.2, 0.25) is 0 Å². The largest absolute Gasteiger partial charge is 0.497 e. The van der Waals surface area contributed by atoms with Crippen molar-refractivity contribution < 1.29 is 39.5 Å². The van der Waals surface area contributed by atoms with E-state index in [1.807, 2.05) is 0 Å². The molecule has 0 aromatic heterocycles. The lowest BCUT2D eigenvalue weighted by Crippen LogP contribution is -2.64. The lowest BCUT2D eigenvalue weighted by Gasteiger charge is -2.40. The van der Waals surface area contributed by atoms with Crippen LogP contribution in [0.3, 0.4) is 0 Å². The molecule has 12 heteroatoms. The molecule has 2 amide bonds. The summed E-state index contributed by atoms with van der Waals surface area (Å²) in [7, 11) is 1.55. The fraction of sp³-hybridized carbons (Fsp3) is 0.421. The first-order valence-corrected chi connectivity index (χ1v) is 10.5. The molecule has 2 aliphatic heterocycles. The number of thiocarbonyl (C=S) groups is 1. The highest BCUT2D eigenvalue weighted by Crippen LogP contribution is 2.32. The lowest BCUT2D eigenvalue weighted by atomic mass is 9.97. The Morgan fingerprint density at radius 2 is 1.97 bits per heavy atom. The van der Waals surface area contributed by atoms with Gasteiger partial charge in [-0.3, -0.25) is 14.5 Å². The van der Waals surface area contributed by atoms with Gasteiger partial charge < -0.3 is 35.2 Å². The molecular formula is C19H22N2O8S2. The Bertz CT molecular complexity index is 878. The minimum Gasteiger partial charge on any atom is -0.497 e. The van der Waals surface area contributed by atoms with Gasteiger partial charge in [-0.2, -0.15) is 0 Å². The van der Waals surface area contributed by atoms with Crippen molar-refractivity contribution in [1.82, 2.24) is 10.2 Å². The minimum atomic E-state index is -1.65. The standard InChI is InChI=1S/C19H22N2O8S2/c1-28-10-4-2-9(3-5-10)6-12-17(26)21(19(30)31-12)7-13(23)20-14-16(25)15(24)11(8-22)29-18(14)27/h2-6,11,14-16,18,22,24-25,27H,7-8H2,1H3,(H,20,23)/b12-6-/t11-,14+,15+,16+,18-/m1/s1. The minimum absolute atomic E-state index is 0.182. The Balaban J connectivity index is 1.64. The van der Waals surface area contributed by atoms with E-state index in [1.165, 1.54) is 0 Å². The Hall–Kier alpha value is -2.06. The van der Waals surface area contributed by atoms with Gasteiger partial charge in [-0.1, -0.05) is 36.1 Å². The van der Waals surface area contributed by atoms with Gasteiger partial charge in [-0.05, 0) is 23.8 Å². The maximum atomic E-state index is 12.7. The first-order chi connectivity index (χ1) is 14.7. The van der Waals surface area contributed by atoms with Crippen LogP contribution in [0.5, 0.6) is 5.75 Å². The molecule has 0 unspecified atom stereocenters. The third-order valence-corrected chi connectivity index (χ3v) is 6.19. The van der Waals surface area contributed by atoms with Crippen LogP contribution in [0.1, 0.15) is 5.56 Å². The van der Waals surface area contributed by atoms with Crippen LogP contribution < -0.4 is 10.1 Å². The second-order valence-electron chi connectivity index (χ2n) is 6.86. The Morgan fingerprint density at radius 3 is 2.58 bits per heavy atom. The van der Waals surface area contributed by atoms with Crippen molar-refractivity contribution in [2.75, 3.05) is 20.3 Å². The number of amides is 2. The van der Waals surface area contributed by atoms with E-state index < -0.39 is 55.6 Å². The van der Waals surface area contributed by atoms with Crippen molar-refractivity contribution in [3.63, 3.8) is 0 Å². The van der Waals surface area contributed by atoms with Crippen LogP contribution in [0, 0.1) is 0 Å². The van der Waals surface area contributed by atoms with E-state index >= 15 is 0 Å². The van der Waals surface area contributed by atoms with E-state index in [2.05, 4.69) is 5.32 Å². The quantitative estimate of drug-likeness (QED) is 0.254. The molecule has 1 aromatic carbocycles. The van der Waals surface area contributed by atoms with E-state index in [0.29, 0.717) is 10.7 Å². The zero-order valence-electron chi connectivity index (χ0n) is 16.4. The fourth-order valence-corrected chi connectivity index (χ4v) is 4.37. The Kier molecular flexibility index (Phi) is 7.64. The van der Waals surface area contributed by atoms with E-state index in [-0.39, 0.29) is 4.32 Å². The van der Waals surface area contributed by atoms with Gasteiger partial charge in [0.15, 0.2) is 6.29 Å². The van der Waals surface area contributed by atoms with Gasteiger partial charge >= 0.3 is 0 Å². The molecule has 5 atom stereocenters. The average molecular weight is 471 g/mol. The predicted octanol–water partition coefficient (Wildman–Crippen LogP) is -1.19. The van der Waals surface area contributed by atoms with Gasteiger partial charge in [0.1, 0.15) is 41.0 Å². The maximum Gasteiger partial charge on any atom is 0.266 e. The van der Waals surface area contributed by atoms with Crippen LogP contribution in [0.4, 0.5) is 0 Å². The van der Waals surface area contributed by atoms with Gasteiger partial charge in [0, 0.05) is 0 Å². The summed E-state index contributed by atoms with van der Waals surface area (Å²) in [4.78, 5) is 26.5. The van der Waals surface area contributed by atoms with Crippen molar-refractivity contribution in [2.45, 2.75) is 30.6 Å². The Labute approximate surface area is 187 Å². The predicted molar refractivity (Wildman–Crippen MR) is 115 cm³/mol. The van der Waals surface area contributed by atoms with E-state index in [9.17, 15) is 24.9 Å². The number of methoxy groups -OCH3 is 1. The first-order valence-electron chi connectivity index (χ1n) is 9.24. The topological polar surface area (TPSA) is 149 Å². The monoisotopic (exact) mass is 470 g/mol. The molecule has 10 nitrogen and oxygen atoms in total. The third kappa shape index (κ3) is 5.23. The van der Waals surface area contributed by atoms with Crippen molar-refractivity contribution in [1.29, 1.82) is 0 Å². The molecule has 0 spiro atoms. The van der Waals surface area contributed by atoms with Crippen LogP contribution >= 0.6 is 24.0 Å². The molecule has 0 saturated carbocycles. The summed E-state index contributed by atoms with van der Waals surface area (Å²) in [5.74, 6) is -0.501. The molecule has 2 fully saturated rings. The summed E-state index contributed by atoms with van der Waals surface area (Å²) in [5.41, 5.74) is 0.753. The SMILES string of the molecule is COc1ccc(/C=C2\SC(=S)N(CC(=O)N[C@H]3[C@H](O)[C@@H](O)[C@@H](CO)O[C@H]3O)C2=O)cc1. The molecule has 168 valence electrons. The zero-order valence-corrected chi connectivity index (χ0v) is 18.0. The highest BCUT2D eigenvalue weighted by Gasteiger charge is 2.44. The maximum absolute atomic E-state index is 12.7. The number of rotatable bonds is 6. The average Bonchev–Trinajstić information content (AvgIpc) is 3.01. The number of hydrogen-bond acceptors (Lipinski definition) is 10. The summed E-state index contributed by atoms with van der Waals surface area (Å²) in [6.07, 6.45) is -4.29. The number of aliphatic hydroxyl groups excluding tert-OH is 4. The van der Waals surface area contributed by atoms with E-state index in [4.69, 9.17) is 26.8 Å². The molecule has 0 bridgehead atoms. The van der Waals surface area contributed by atoms with Crippen LogP contribution in [0.15, 0.2) is 29.2 Å². The zero-order chi connectivity index (χ0) is 22.7. The van der Waals surface area contributed by atoms with Crippen LogP contribution in [-0.2, 0) is 14.3 Å². The molecule has 0 radical (unpaired) electrons. The smallest absolute Gasteiger partial charge is 0.266 e. The van der Waals surface area contributed by atoms with Crippen LogP contribution in [0.25, 0.3) is 6.08 Å². The molecule has 5 N–H and O–H groups in total. The normalized spacial score (nSPS) is 30.0. The molecule has 31 heavy (non-hydrogen) atoms. The van der Waals surface area contributed by atoms with Gasteiger partial charge in [0.05, 0.1) is 18.6 Å². The number of nitrogens with zero attached hydrogens (tertiary/aromatic N) is 1. The molecule has 2 aliphatic rings. The third-order valence-electron chi connectivity index (χ3n) is 4.82. The number of thioether (sulfide) groups is 1. The first kappa shape index (κ1) is 23.6. The molecule has 2 heterocycles.